The maximum absolute atomic E-state index is 12.7. The van der Waals surface area contributed by atoms with Crippen LogP contribution in [0.5, 0.6) is 0 Å². The van der Waals surface area contributed by atoms with Gasteiger partial charge in [-0.25, -0.2) is 9.97 Å². The van der Waals surface area contributed by atoms with Gasteiger partial charge in [0, 0.05) is 31.9 Å². The molecule has 1 unspecified atom stereocenters. The number of carbonyl (C=O) groups is 1. The molecule has 2 heterocycles. The van der Waals surface area contributed by atoms with Gasteiger partial charge in [0.2, 0.25) is 0 Å². The Morgan fingerprint density at radius 1 is 1.26 bits per heavy atom. The molecule has 1 amide bonds. The zero-order valence-electron chi connectivity index (χ0n) is 13.6. The highest BCUT2D eigenvalue weighted by Gasteiger charge is 2.20. The Morgan fingerprint density at radius 2 is 2.04 bits per heavy atom. The quantitative estimate of drug-likeness (QED) is 0.874. The van der Waals surface area contributed by atoms with E-state index in [0.717, 1.165) is 24.6 Å². The lowest BCUT2D eigenvalue weighted by molar-refractivity contribution is 0.0988. The number of hydrogen-bond donors (Lipinski definition) is 0. The monoisotopic (exact) mass is 310 g/mol. The number of hydrogen-bond acceptors (Lipinski definition) is 4. The van der Waals surface area contributed by atoms with Crippen LogP contribution in [0.2, 0.25) is 0 Å². The molecule has 0 N–H and O–H groups in total. The predicted octanol–water partition coefficient (Wildman–Crippen LogP) is 2.99. The number of piperidine rings is 1. The van der Waals surface area contributed by atoms with Crippen LogP contribution in [-0.2, 0) is 0 Å². The molecule has 0 saturated carbocycles. The summed E-state index contributed by atoms with van der Waals surface area (Å²) in [5.74, 6) is 1.38. The maximum Gasteiger partial charge on any atom is 0.276 e. The smallest absolute Gasteiger partial charge is 0.276 e. The number of para-hydroxylation sites is 1. The number of carbonyl (C=O) groups excluding carboxylic acids is 1. The normalized spacial score (nSPS) is 17.8. The average molecular weight is 310 g/mol. The van der Waals surface area contributed by atoms with Crippen LogP contribution in [0.3, 0.4) is 0 Å². The zero-order chi connectivity index (χ0) is 16.2. The number of aromatic nitrogens is 2. The second-order valence-corrected chi connectivity index (χ2v) is 6.15. The van der Waals surface area contributed by atoms with Crippen LogP contribution in [0.1, 0.15) is 30.3 Å². The Balaban J connectivity index is 1.80. The number of anilines is 2. The summed E-state index contributed by atoms with van der Waals surface area (Å²) in [5, 5.41) is 0. The van der Waals surface area contributed by atoms with Crippen molar-refractivity contribution in [1.82, 2.24) is 9.97 Å². The molecule has 0 bridgehead atoms. The van der Waals surface area contributed by atoms with Crippen molar-refractivity contribution in [3.8, 4) is 0 Å². The van der Waals surface area contributed by atoms with Crippen molar-refractivity contribution < 1.29 is 4.79 Å². The van der Waals surface area contributed by atoms with Gasteiger partial charge in [0.05, 0.1) is 0 Å². The molecular weight excluding hydrogens is 288 g/mol. The van der Waals surface area contributed by atoms with E-state index in [1.54, 1.807) is 18.0 Å². The van der Waals surface area contributed by atoms with Gasteiger partial charge in [-0.3, -0.25) is 4.79 Å². The van der Waals surface area contributed by atoms with Crippen LogP contribution < -0.4 is 9.80 Å². The summed E-state index contributed by atoms with van der Waals surface area (Å²) in [5.41, 5.74) is 1.28. The fourth-order valence-corrected chi connectivity index (χ4v) is 2.98. The van der Waals surface area contributed by atoms with E-state index in [2.05, 4.69) is 21.8 Å². The summed E-state index contributed by atoms with van der Waals surface area (Å²) >= 11 is 0. The number of benzene rings is 1. The molecule has 1 aliphatic heterocycles. The SMILES string of the molecule is CC1CCCN(c2cc(C(=O)N(C)c3ccccc3)ncn2)C1. The van der Waals surface area contributed by atoms with Gasteiger partial charge in [-0.05, 0) is 30.9 Å². The van der Waals surface area contributed by atoms with Crippen LogP contribution in [-0.4, -0.2) is 36.0 Å². The minimum Gasteiger partial charge on any atom is -0.356 e. The van der Waals surface area contributed by atoms with Crippen LogP contribution >= 0.6 is 0 Å². The van der Waals surface area contributed by atoms with Crippen LogP contribution in [0.4, 0.5) is 11.5 Å². The van der Waals surface area contributed by atoms with Crippen molar-refractivity contribution in [2.75, 3.05) is 29.9 Å². The first-order valence-electron chi connectivity index (χ1n) is 8.05. The van der Waals surface area contributed by atoms with Crippen molar-refractivity contribution >= 4 is 17.4 Å². The molecule has 120 valence electrons. The summed E-state index contributed by atoms with van der Waals surface area (Å²) in [6.07, 6.45) is 3.91. The summed E-state index contributed by atoms with van der Waals surface area (Å²) < 4.78 is 0. The molecule has 1 aromatic carbocycles. The summed E-state index contributed by atoms with van der Waals surface area (Å²) in [4.78, 5) is 25.0. The Bertz CT molecular complexity index is 674. The first-order valence-corrected chi connectivity index (χ1v) is 8.05. The van der Waals surface area contributed by atoms with Gasteiger partial charge in [0.25, 0.3) is 5.91 Å². The van der Waals surface area contributed by atoms with Gasteiger partial charge < -0.3 is 9.80 Å². The number of amides is 1. The predicted molar refractivity (Wildman–Crippen MR) is 91.8 cm³/mol. The molecule has 2 aromatic rings. The van der Waals surface area contributed by atoms with E-state index >= 15 is 0 Å². The fourth-order valence-electron chi connectivity index (χ4n) is 2.98. The van der Waals surface area contributed by atoms with Crippen molar-refractivity contribution in [3.63, 3.8) is 0 Å². The Labute approximate surface area is 137 Å². The highest BCUT2D eigenvalue weighted by atomic mass is 16.2. The lowest BCUT2D eigenvalue weighted by atomic mass is 10.0. The lowest BCUT2D eigenvalue weighted by Gasteiger charge is -2.31. The van der Waals surface area contributed by atoms with E-state index in [9.17, 15) is 4.79 Å². The third kappa shape index (κ3) is 3.50. The molecule has 1 fully saturated rings. The molecule has 0 spiro atoms. The highest BCUT2D eigenvalue weighted by molar-refractivity contribution is 6.04. The maximum atomic E-state index is 12.7. The molecule has 1 atom stereocenters. The van der Waals surface area contributed by atoms with Crippen molar-refractivity contribution in [2.45, 2.75) is 19.8 Å². The minimum absolute atomic E-state index is 0.120. The van der Waals surface area contributed by atoms with Crippen LogP contribution in [0.15, 0.2) is 42.7 Å². The summed E-state index contributed by atoms with van der Waals surface area (Å²) in [7, 11) is 1.77. The van der Waals surface area contributed by atoms with Crippen molar-refractivity contribution in [2.24, 2.45) is 5.92 Å². The molecule has 0 aliphatic carbocycles. The minimum atomic E-state index is -0.120. The summed E-state index contributed by atoms with van der Waals surface area (Å²) in [6, 6.07) is 11.4. The largest absolute Gasteiger partial charge is 0.356 e. The first kappa shape index (κ1) is 15.5. The third-order valence-electron chi connectivity index (χ3n) is 4.30. The van der Waals surface area contributed by atoms with E-state index in [4.69, 9.17) is 0 Å². The molecule has 1 aromatic heterocycles. The van der Waals surface area contributed by atoms with E-state index in [0.29, 0.717) is 11.6 Å². The molecule has 1 aliphatic rings. The van der Waals surface area contributed by atoms with Gasteiger partial charge in [0.15, 0.2) is 0 Å². The van der Waals surface area contributed by atoms with Gasteiger partial charge in [-0.1, -0.05) is 25.1 Å². The van der Waals surface area contributed by atoms with E-state index in [-0.39, 0.29) is 5.91 Å². The Morgan fingerprint density at radius 3 is 2.78 bits per heavy atom. The standard InChI is InChI=1S/C18H22N4O/c1-14-7-6-10-22(12-14)17-11-16(19-13-20-17)18(23)21(2)15-8-4-3-5-9-15/h3-5,8-9,11,13-14H,6-7,10,12H2,1-2H3. The van der Waals surface area contributed by atoms with Gasteiger partial charge in [0.1, 0.15) is 17.8 Å². The first-order chi connectivity index (χ1) is 11.1. The van der Waals surface area contributed by atoms with Crippen molar-refractivity contribution in [3.05, 3.63) is 48.4 Å². The van der Waals surface area contributed by atoms with E-state index in [1.807, 2.05) is 30.3 Å². The van der Waals surface area contributed by atoms with Crippen molar-refractivity contribution in [1.29, 1.82) is 0 Å². The second-order valence-electron chi connectivity index (χ2n) is 6.15. The average Bonchev–Trinajstić information content (AvgIpc) is 2.61. The highest BCUT2D eigenvalue weighted by Crippen LogP contribution is 2.22. The molecule has 1 saturated heterocycles. The van der Waals surface area contributed by atoms with Gasteiger partial charge in [-0.15, -0.1) is 0 Å². The van der Waals surface area contributed by atoms with Crippen LogP contribution in [0.25, 0.3) is 0 Å². The third-order valence-corrected chi connectivity index (χ3v) is 4.30. The van der Waals surface area contributed by atoms with E-state index in [1.165, 1.54) is 19.2 Å². The lowest BCUT2D eigenvalue weighted by Crippen LogP contribution is -2.35. The fraction of sp³-hybridized carbons (Fsp3) is 0.389. The second kappa shape index (κ2) is 6.77. The van der Waals surface area contributed by atoms with Gasteiger partial charge >= 0.3 is 0 Å². The van der Waals surface area contributed by atoms with E-state index < -0.39 is 0 Å². The number of nitrogens with zero attached hydrogens (tertiary/aromatic N) is 4. The number of rotatable bonds is 3. The Kier molecular flexibility index (Phi) is 4.55. The molecule has 5 heteroatoms. The molecule has 3 rings (SSSR count). The molecule has 0 radical (unpaired) electrons. The Hall–Kier alpha value is -2.43. The summed E-state index contributed by atoms with van der Waals surface area (Å²) in [6.45, 7) is 4.23. The van der Waals surface area contributed by atoms with Gasteiger partial charge in [-0.2, -0.15) is 0 Å². The topological polar surface area (TPSA) is 49.3 Å². The molecule has 23 heavy (non-hydrogen) atoms. The molecule has 5 nitrogen and oxygen atoms in total. The molecular formula is C18H22N4O. The zero-order valence-corrected chi connectivity index (χ0v) is 13.6. The van der Waals surface area contributed by atoms with Crippen LogP contribution in [0, 0.1) is 5.92 Å².